The first-order valence-corrected chi connectivity index (χ1v) is 17.2. The zero-order chi connectivity index (χ0) is 40.4. The summed E-state index contributed by atoms with van der Waals surface area (Å²) in [6.45, 7) is 7.69. The molecule has 3 atom stereocenters. The molecule has 22 heteroatoms. The Morgan fingerprint density at radius 3 is 1.90 bits per heavy atom. The van der Waals surface area contributed by atoms with Crippen LogP contribution in [0, 0.1) is 0 Å². The minimum atomic E-state index is -5.08. The van der Waals surface area contributed by atoms with Gasteiger partial charge in [0.25, 0.3) is 0 Å². The van der Waals surface area contributed by atoms with Crippen molar-refractivity contribution in [2.75, 3.05) is 19.4 Å². The Hall–Kier alpha value is -4.57. The maximum Gasteiger partial charge on any atom is 0.490 e. The minimum Gasteiger partial charge on any atom is -0.480 e. The van der Waals surface area contributed by atoms with Gasteiger partial charge in [-0.1, -0.05) is 48.4 Å². The molecule has 0 aliphatic heterocycles. The summed E-state index contributed by atoms with van der Waals surface area (Å²) in [6, 6.07) is 0.729. The normalized spacial score (nSPS) is 12.7. The molecule has 1 aromatic rings. The van der Waals surface area contributed by atoms with Crippen LogP contribution in [0.25, 0.3) is 0 Å². The topological polar surface area (TPSA) is 267 Å². The first-order chi connectivity index (χ1) is 23.9. The molecule has 292 valence electrons. The van der Waals surface area contributed by atoms with Crippen LogP contribution in [0.4, 0.5) is 13.2 Å². The van der Waals surface area contributed by atoms with E-state index in [0.29, 0.717) is 5.56 Å². The van der Waals surface area contributed by atoms with Crippen LogP contribution in [0.1, 0.15) is 53.0 Å². The molecule has 1 aromatic carbocycles. The first-order valence-electron chi connectivity index (χ1n) is 14.9. The highest BCUT2D eigenvalue weighted by Crippen LogP contribution is 2.35. The second kappa shape index (κ2) is 22.4. The van der Waals surface area contributed by atoms with E-state index in [9.17, 15) is 46.7 Å². The molecule has 0 aliphatic carbocycles. The zero-order valence-electron chi connectivity index (χ0n) is 28.9. The van der Waals surface area contributed by atoms with E-state index in [1.54, 1.807) is 0 Å². The minimum absolute atomic E-state index is 0.0201. The lowest BCUT2D eigenvalue weighted by molar-refractivity contribution is -0.192. The number of nitrogens with one attached hydrogen (secondary N) is 3. The summed E-state index contributed by atoms with van der Waals surface area (Å²) in [5.74, 6) is -8.09. The van der Waals surface area contributed by atoms with Gasteiger partial charge in [-0.3, -0.25) is 28.8 Å². The molecule has 0 saturated carbocycles. The number of carbonyl (C=O) groups excluding carboxylic acids is 6. The molecule has 3 amide bonds. The molecule has 1 rings (SSSR count). The Labute approximate surface area is 304 Å². The highest BCUT2D eigenvalue weighted by atomic mass is 33.1. The van der Waals surface area contributed by atoms with Gasteiger partial charge in [0.2, 0.25) is 17.7 Å². The van der Waals surface area contributed by atoms with Gasteiger partial charge in [-0.2, -0.15) is 13.2 Å². The fourth-order valence-electron chi connectivity index (χ4n) is 3.40. The Morgan fingerprint density at radius 1 is 0.885 bits per heavy atom. The lowest BCUT2D eigenvalue weighted by Crippen LogP contribution is -2.52. The van der Waals surface area contributed by atoms with Gasteiger partial charge in [0.05, 0.1) is 13.7 Å². The number of methoxy groups -OCH3 is 1. The Kier molecular flexibility index (Phi) is 20.4. The molecule has 0 bridgehead atoms. The standard InChI is InChI=1S/C28H40N4O11S2.C2HF3O2/c1-15(33)42-21-9-7-17(12-22(21)43-16(2)34)11-19(27(40)41-6)31-24(36)13-30-25(37)20(14-44-45-28(3,4)5)32-23(35)10-8-18(29)26(38)39;3-2(4,5)1(6)7/h7,9,12,18-20H,8,10-11,13-14,29H2,1-6H3,(H,30,37)(H,31,36)(H,32,35)(H,38,39);(H,6,7)/t18-,19+,20-;/m0./s1. The van der Waals surface area contributed by atoms with Crippen molar-refractivity contribution < 1.29 is 76.0 Å². The molecule has 0 spiro atoms. The Bertz CT molecular complexity index is 1460. The number of carboxylic acid groups (broad SMARTS) is 2. The largest absolute Gasteiger partial charge is 0.490 e. The number of aliphatic carboxylic acids is 2. The fourth-order valence-corrected chi connectivity index (χ4v) is 5.86. The third-order valence-electron chi connectivity index (χ3n) is 5.64. The summed E-state index contributed by atoms with van der Waals surface area (Å²) in [4.78, 5) is 93.4. The number of esters is 3. The predicted molar refractivity (Wildman–Crippen MR) is 180 cm³/mol. The number of carboxylic acids is 2. The number of halogens is 3. The third kappa shape index (κ3) is 20.9. The van der Waals surface area contributed by atoms with Crippen molar-refractivity contribution in [3.63, 3.8) is 0 Å². The van der Waals surface area contributed by atoms with Crippen molar-refractivity contribution in [3.8, 4) is 11.5 Å². The second-order valence-corrected chi connectivity index (χ2v) is 14.6. The summed E-state index contributed by atoms with van der Waals surface area (Å²) in [6.07, 6.45) is -5.55. The predicted octanol–water partition coefficient (Wildman–Crippen LogP) is 1.34. The maximum atomic E-state index is 13.0. The Balaban J connectivity index is 0.00000335. The monoisotopic (exact) mass is 786 g/mol. The van der Waals surface area contributed by atoms with E-state index in [1.807, 2.05) is 20.8 Å². The van der Waals surface area contributed by atoms with Crippen LogP contribution in [0.5, 0.6) is 11.5 Å². The number of rotatable bonds is 17. The molecule has 0 aliphatic rings. The van der Waals surface area contributed by atoms with Crippen molar-refractivity contribution >= 4 is 69.2 Å². The molecule has 0 heterocycles. The number of alkyl halides is 3. The van der Waals surface area contributed by atoms with Crippen molar-refractivity contribution in [1.29, 1.82) is 0 Å². The summed E-state index contributed by atoms with van der Waals surface area (Å²) in [5.41, 5.74) is 5.87. The van der Waals surface area contributed by atoms with Crippen molar-refractivity contribution in [3.05, 3.63) is 23.8 Å². The van der Waals surface area contributed by atoms with Gasteiger partial charge in [-0.15, -0.1) is 0 Å². The summed E-state index contributed by atoms with van der Waals surface area (Å²) in [5, 5.41) is 23.5. The molecule has 0 radical (unpaired) electrons. The lowest BCUT2D eigenvalue weighted by Gasteiger charge is -2.22. The average Bonchev–Trinajstić information content (AvgIpc) is 3.01. The summed E-state index contributed by atoms with van der Waals surface area (Å²) < 4.78 is 46.5. The highest BCUT2D eigenvalue weighted by molar-refractivity contribution is 8.77. The SMILES string of the molecule is COC(=O)[C@@H](Cc1ccc(OC(C)=O)c(OC(C)=O)c1)NC(=O)CNC(=O)[C@H](CSSC(C)(C)C)NC(=O)CC[C@H](N)C(=O)O.O=C(O)C(F)(F)F. The molecule has 17 nitrogen and oxygen atoms in total. The van der Waals surface area contributed by atoms with E-state index in [0.717, 1.165) is 14.0 Å². The zero-order valence-corrected chi connectivity index (χ0v) is 30.5. The van der Waals surface area contributed by atoms with E-state index in [2.05, 4.69) is 16.0 Å². The van der Waals surface area contributed by atoms with Crippen LogP contribution in [-0.2, 0) is 49.5 Å². The fraction of sp³-hybridized carbons (Fsp3) is 0.533. The number of benzene rings is 1. The quantitative estimate of drug-likeness (QED) is 0.0739. The average molecular weight is 787 g/mol. The summed E-state index contributed by atoms with van der Waals surface area (Å²) >= 11 is 0. The molecule has 0 unspecified atom stereocenters. The van der Waals surface area contributed by atoms with Crippen LogP contribution in [0.2, 0.25) is 0 Å². The number of hydrogen-bond acceptors (Lipinski definition) is 14. The molecule has 52 heavy (non-hydrogen) atoms. The van der Waals surface area contributed by atoms with E-state index in [1.165, 1.54) is 46.7 Å². The van der Waals surface area contributed by atoms with E-state index in [4.69, 9.17) is 35.0 Å². The van der Waals surface area contributed by atoms with Gasteiger partial charge in [0, 0.05) is 37.2 Å². The van der Waals surface area contributed by atoms with Crippen LogP contribution in [-0.4, -0.2) is 106 Å². The number of carbonyl (C=O) groups is 8. The number of ether oxygens (including phenoxy) is 3. The van der Waals surface area contributed by atoms with Gasteiger partial charge in [0.15, 0.2) is 11.5 Å². The number of hydrogen-bond donors (Lipinski definition) is 6. The van der Waals surface area contributed by atoms with E-state index in [-0.39, 0.29) is 41.3 Å². The van der Waals surface area contributed by atoms with Crippen molar-refractivity contribution in [2.45, 2.75) is 82.9 Å². The highest BCUT2D eigenvalue weighted by Gasteiger charge is 2.38. The molecular formula is C30H41F3N4O13S2. The Morgan fingerprint density at radius 2 is 1.42 bits per heavy atom. The second-order valence-electron chi connectivity index (χ2n) is 11.4. The smallest absolute Gasteiger partial charge is 0.480 e. The summed E-state index contributed by atoms with van der Waals surface area (Å²) in [7, 11) is 3.94. The van der Waals surface area contributed by atoms with Crippen LogP contribution in [0.15, 0.2) is 18.2 Å². The van der Waals surface area contributed by atoms with Gasteiger partial charge in [-0.05, 0) is 24.1 Å². The third-order valence-corrected chi connectivity index (χ3v) is 8.99. The van der Waals surface area contributed by atoms with Crippen LogP contribution >= 0.6 is 21.6 Å². The number of nitrogens with two attached hydrogens (primary N) is 1. The van der Waals surface area contributed by atoms with Gasteiger partial charge in [0.1, 0.15) is 18.1 Å². The van der Waals surface area contributed by atoms with Gasteiger partial charge >= 0.3 is 36.0 Å². The van der Waals surface area contributed by atoms with Crippen LogP contribution < -0.4 is 31.2 Å². The van der Waals surface area contributed by atoms with Gasteiger partial charge < -0.3 is 46.1 Å². The molecule has 0 saturated heterocycles. The van der Waals surface area contributed by atoms with Gasteiger partial charge in [-0.25, -0.2) is 9.59 Å². The van der Waals surface area contributed by atoms with E-state index < -0.39 is 78.4 Å². The molecular weight excluding hydrogens is 745 g/mol. The van der Waals surface area contributed by atoms with E-state index >= 15 is 0 Å². The maximum absolute atomic E-state index is 13.0. The first kappa shape index (κ1) is 47.4. The molecule has 0 aromatic heterocycles. The number of amides is 3. The van der Waals surface area contributed by atoms with Crippen LogP contribution in [0.3, 0.4) is 0 Å². The molecule has 7 N–H and O–H groups in total. The lowest BCUT2D eigenvalue weighted by atomic mass is 10.0. The van der Waals surface area contributed by atoms with Crippen molar-refractivity contribution in [1.82, 2.24) is 16.0 Å². The van der Waals surface area contributed by atoms with Crippen molar-refractivity contribution in [2.24, 2.45) is 5.73 Å². The molecule has 0 fully saturated rings.